The van der Waals surface area contributed by atoms with Crippen LogP contribution < -0.4 is 5.32 Å². The molecule has 0 aliphatic carbocycles. The normalized spacial score (nSPS) is 11.7. The van der Waals surface area contributed by atoms with E-state index in [9.17, 15) is 18.0 Å². The predicted molar refractivity (Wildman–Crippen MR) is 58.4 cm³/mol. The van der Waals surface area contributed by atoms with E-state index in [4.69, 9.17) is 0 Å². The van der Waals surface area contributed by atoms with Gasteiger partial charge in [0.1, 0.15) is 0 Å². The molecule has 0 spiro atoms. The molecule has 0 amide bonds. The van der Waals surface area contributed by atoms with Gasteiger partial charge in [0.2, 0.25) is 0 Å². The van der Waals surface area contributed by atoms with E-state index in [1.165, 1.54) is 0 Å². The summed E-state index contributed by atoms with van der Waals surface area (Å²) < 4.78 is 35.4. The van der Waals surface area contributed by atoms with Crippen molar-refractivity contribution in [2.24, 2.45) is 0 Å². The lowest BCUT2D eigenvalue weighted by atomic mass is 10.1. The topological polar surface area (TPSA) is 29.1 Å². The minimum atomic E-state index is -4.79. The fraction of sp³-hybridized carbons (Fsp3) is 0.250. The lowest BCUT2D eigenvalue weighted by molar-refractivity contribution is -0.165. The van der Waals surface area contributed by atoms with Crippen molar-refractivity contribution in [1.29, 1.82) is 0 Å². The molecule has 0 unspecified atom stereocenters. The van der Waals surface area contributed by atoms with Gasteiger partial charge in [-0.05, 0) is 12.0 Å². The summed E-state index contributed by atoms with van der Waals surface area (Å²) in [6.07, 6.45) is -2.59. The number of allylic oxidation sites excluding steroid dienone is 1. The highest BCUT2D eigenvalue weighted by Crippen LogP contribution is 2.15. The first-order valence-electron chi connectivity index (χ1n) is 5.05. The fourth-order valence-electron chi connectivity index (χ4n) is 1.17. The third kappa shape index (κ3) is 5.19. The van der Waals surface area contributed by atoms with Crippen molar-refractivity contribution in [3.05, 3.63) is 48.2 Å². The highest BCUT2D eigenvalue weighted by Gasteiger charge is 2.35. The summed E-state index contributed by atoms with van der Waals surface area (Å²) in [5.41, 5.74) is 1.08. The Kier molecular flexibility index (Phi) is 4.75. The maximum absolute atomic E-state index is 11.8. The van der Waals surface area contributed by atoms with Crippen LogP contribution in [-0.2, 0) is 11.2 Å². The number of nitrogens with one attached hydrogen (secondary N) is 1. The molecule has 1 rings (SSSR count). The van der Waals surface area contributed by atoms with E-state index in [2.05, 4.69) is 5.32 Å². The van der Waals surface area contributed by atoms with Gasteiger partial charge in [0.05, 0.1) is 0 Å². The Morgan fingerprint density at radius 1 is 1.24 bits per heavy atom. The van der Waals surface area contributed by atoms with Gasteiger partial charge in [0.25, 0.3) is 5.78 Å². The standard InChI is InChI=1S/C12H12F3NO/c13-12(14,15)11(17)7-9-16-8-6-10-4-2-1-3-5-10/h1-5,7,9,16H,6,8H2/b9-7+. The first-order chi connectivity index (χ1) is 8.00. The first kappa shape index (κ1) is 13.3. The van der Waals surface area contributed by atoms with Crippen LogP contribution in [0.3, 0.4) is 0 Å². The number of hydrogen-bond acceptors (Lipinski definition) is 2. The minimum Gasteiger partial charge on any atom is -0.390 e. The number of carbonyl (C=O) groups is 1. The van der Waals surface area contributed by atoms with Crippen LogP contribution in [0.2, 0.25) is 0 Å². The minimum absolute atomic E-state index is 0.478. The molecule has 0 bridgehead atoms. The SMILES string of the molecule is O=C(/C=C/NCCc1ccccc1)C(F)(F)F. The first-order valence-corrected chi connectivity index (χ1v) is 5.05. The van der Waals surface area contributed by atoms with Crippen molar-refractivity contribution in [2.45, 2.75) is 12.6 Å². The summed E-state index contributed by atoms with van der Waals surface area (Å²) >= 11 is 0. The lowest BCUT2D eigenvalue weighted by Gasteiger charge is -2.02. The number of carbonyl (C=O) groups excluding carboxylic acids is 1. The second kappa shape index (κ2) is 6.08. The van der Waals surface area contributed by atoms with Gasteiger partial charge in [0.15, 0.2) is 0 Å². The van der Waals surface area contributed by atoms with Gasteiger partial charge in [0, 0.05) is 18.8 Å². The molecule has 17 heavy (non-hydrogen) atoms. The number of benzene rings is 1. The molecule has 0 heterocycles. The van der Waals surface area contributed by atoms with Crippen LogP contribution in [0.15, 0.2) is 42.6 Å². The lowest BCUT2D eigenvalue weighted by Crippen LogP contribution is -2.21. The molecule has 0 fully saturated rings. The third-order valence-corrected chi connectivity index (χ3v) is 2.03. The Labute approximate surface area is 97.1 Å². The van der Waals surface area contributed by atoms with Gasteiger partial charge in [-0.2, -0.15) is 13.2 Å². The Hall–Kier alpha value is -1.78. The molecule has 1 N–H and O–H groups in total. The number of hydrogen-bond donors (Lipinski definition) is 1. The van der Waals surface area contributed by atoms with Crippen molar-refractivity contribution in [2.75, 3.05) is 6.54 Å². The van der Waals surface area contributed by atoms with E-state index in [1.807, 2.05) is 30.3 Å². The molecule has 1 aromatic rings. The Morgan fingerprint density at radius 2 is 1.88 bits per heavy atom. The molecule has 0 aromatic heterocycles. The van der Waals surface area contributed by atoms with Crippen LogP contribution in [0.1, 0.15) is 5.56 Å². The zero-order chi connectivity index (χ0) is 12.7. The van der Waals surface area contributed by atoms with E-state index in [-0.39, 0.29) is 0 Å². The zero-order valence-electron chi connectivity index (χ0n) is 9.00. The summed E-state index contributed by atoms with van der Waals surface area (Å²) in [5, 5.41) is 2.64. The number of alkyl halides is 3. The quantitative estimate of drug-likeness (QED) is 0.635. The van der Waals surface area contributed by atoms with Crippen LogP contribution >= 0.6 is 0 Å². The molecular formula is C12H12F3NO. The molecule has 0 atom stereocenters. The monoisotopic (exact) mass is 243 g/mol. The van der Waals surface area contributed by atoms with Gasteiger partial charge < -0.3 is 5.32 Å². The highest BCUT2D eigenvalue weighted by molar-refractivity contribution is 5.94. The van der Waals surface area contributed by atoms with Crippen LogP contribution in [0.5, 0.6) is 0 Å². The van der Waals surface area contributed by atoms with Crippen LogP contribution in [-0.4, -0.2) is 18.5 Å². The summed E-state index contributed by atoms with van der Waals surface area (Å²) in [4.78, 5) is 10.4. The van der Waals surface area contributed by atoms with Crippen molar-refractivity contribution >= 4 is 5.78 Å². The molecule has 0 saturated carbocycles. The summed E-state index contributed by atoms with van der Waals surface area (Å²) in [6, 6.07) is 9.51. The van der Waals surface area contributed by atoms with Gasteiger partial charge in [-0.15, -0.1) is 0 Å². The molecule has 0 radical (unpaired) electrons. The second-order valence-corrected chi connectivity index (χ2v) is 3.39. The maximum Gasteiger partial charge on any atom is 0.454 e. The van der Waals surface area contributed by atoms with Crippen LogP contribution in [0.4, 0.5) is 13.2 Å². The maximum atomic E-state index is 11.8. The molecular weight excluding hydrogens is 231 g/mol. The van der Waals surface area contributed by atoms with Crippen molar-refractivity contribution in [1.82, 2.24) is 5.32 Å². The number of rotatable bonds is 5. The van der Waals surface area contributed by atoms with Gasteiger partial charge in [-0.1, -0.05) is 30.3 Å². The van der Waals surface area contributed by atoms with E-state index < -0.39 is 12.0 Å². The van der Waals surface area contributed by atoms with Crippen LogP contribution in [0, 0.1) is 0 Å². The van der Waals surface area contributed by atoms with E-state index in [0.29, 0.717) is 19.0 Å². The van der Waals surface area contributed by atoms with Crippen molar-refractivity contribution < 1.29 is 18.0 Å². The Morgan fingerprint density at radius 3 is 2.47 bits per heavy atom. The molecule has 2 nitrogen and oxygen atoms in total. The number of ketones is 1. The predicted octanol–water partition coefficient (Wildman–Crippen LogP) is 2.46. The average Bonchev–Trinajstić information content (AvgIpc) is 2.28. The molecule has 92 valence electrons. The summed E-state index contributed by atoms with van der Waals surface area (Å²) in [6.45, 7) is 0.478. The van der Waals surface area contributed by atoms with Gasteiger partial charge in [-0.25, -0.2) is 0 Å². The molecule has 0 aliphatic rings. The van der Waals surface area contributed by atoms with Crippen molar-refractivity contribution in [3.8, 4) is 0 Å². The summed E-state index contributed by atoms with van der Waals surface area (Å²) in [5.74, 6) is -1.86. The summed E-state index contributed by atoms with van der Waals surface area (Å²) in [7, 11) is 0. The van der Waals surface area contributed by atoms with E-state index >= 15 is 0 Å². The largest absolute Gasteiger partial charge is 0.454 e. The fourth-order valence-corrected chi connectivity index (χ4v) is 1.17. The van der Waals surface area contributed by atoms with Gasteiger partial charge in [-0.3, -0.25) is 4.79 Å². The Balaban J connectivity index is 2.25. The van der Waals surface area contributed by atoms with E-state index in [1.54, 1.807) is 0 Å². The third-order valence-electron chi connectivity index (χ3n) is 2.03. The van der Waals surface area contributed by atoms with E-state index in [0.717, 1.165) is 11.8 Å². The average molecular weight is 243 g/mol. The zero-order valence-corrected chi connectivity index (χ0v) is 9.00. The number of halogens is 3. The molecule has 5 heteroatoms. The molecule has 1 aromatic carbocycles. The molecule has 0 saturated heterocycles. The van der Waals surface area contributed by atoms with Crippen molar-refractivity contribution in [3.63, 3.8) is 0 Å². The second-order valence-electron chi connectivity index (χ2n) is 3.39. The smallest absolute Gasteiger partial charge is 0.390 e. The Bertz CT molecular complexity index is 384. The molecule has 0 aliphatic heterocycles. The van der Waals surface area contributed by atoms with Crippen LogP contribution in [0.25, 0.3) is 0 Å². The van der Waals surface area contributed by atoms with Gasteiger partial charge >= 0.3 is 6.18 Å². The highest BCUT2D eigenvalue weighted by atomic mass is 19.4.